The van der Waals surface area contributed by atoms with Gasteiger partial charge in [-0.1, -0.05) is 0 Å². The second kappa shape index (κ2) is 6.57. The fraction of sp³-hybridized carbons (Fsp3) is 0.389. The van der Waals surface area contributed by atoms with Crippen LogP contribution >= 0.6 is 0 Å². The summed E-state index contributed by atoms with van der Waals surface area (Å²) in [7, 11) is 0. The lowest BCUT2D eigenvalue weighted by molar-refractivity contribution is 0.0951. The maximum Gasteiger partial charge on any atom is 0.251 e. The predicted octanol–water partition coefficient (Wildman–Crippen LogP) is 1.87. The van der Waals surface area contributed by atoms with Gasteiger partial charge in [-0.15, -0.1) is 0 Å². The van der Waals surface area contributed by atoms with E-state index >= 15 is 0 Å². The molecule has 1 amide bonds. The Morgan fingerprint density at radius 3 is 2.71 bits per heavy atom. The van der Waals surface area contributed by atoms with E-state index in [1.54, 1.807) is 12.3 Å². The van der Waals surface area contributed by atoms with Crippen LogP contribution in [0.5, 0.6) is 0 Å². The average molecular weight is 324 g/mol. The third-order valence-corrected chi connectivity index (χ3v) is 4.31. The topological polar surface area (TPSA) is 67.4 Å². The summed E-state index contributed by atoms with van der Waals surface area (Å²) in [5.41, 5.74) is 2.32. The monoisotopic (exact) mass is 324 g/mol. The van der Waals surface area contributed by atoms with Gasteiger partial charge in [0.1, 0.15) is 5.82 Å². The zero-order chi connectivity index (χ0) is 16.4. The molecule has 1 N–H and O–H groups in total. The molecule has 2 aromatic rings. The van der Waals surface area contributed by atoms with Gasteiger partial charge in [0, 0.05) is 42.7 Å². The Balaban J connectivity index is 1.51. The van der Waals surface area contributed by atoms with Crippen molar-refractivity contribution in [3.63, 3.8) is 0 Å². The van der Waals surface area contributed by atoms with Crippen molar-refractivity contribution in [3.8, 4) is 11.3 Å². The number of hydrogen-bond donors (Lipinski definition) is 1. The number of aromatic nitrogens is 2. The lowest BCUT2D eigenvalue weighted by Crippen LogP contribution is -2.36. The molecule has 24 heavy (non-hydrogen) atoms. The van der Waals surface area contributed by atoms with E-state index in [2.05, 4.69) is 20.2 Å². The van der Waals surface area contributed by atoms with E-state index in [0.717, 1.165) is 56.2 Å². The molecule has 0 spiro atoms. The third kappa shape index (κ3) is 3.38. The predicted molar refractivity (Wildman–Crippen MR) is 91.0 cm³/mol. The molecule has 124 valence electrons. The molecule has 6 heteroatoms. The molecule has 0 atom stereocenters. The molecular formula is C18H20N4O2. The van der Waals surface area contributed by atoms with Gasteiger partial charge in [-0.25, -0.2) is 4.98 Å². The number of carbonyl (C=O) groups is 1. The van der Waals surface area contributed by atoms with Crippen molar-refractivity contribution in [2.24, 2.45) is 0 Å². The number of amides is 1. The minimum atomic E-state index is -0.0287. The van der Waals surface area contributed by atoms with Crippen molar-refractivity contribution in [1.82, 2.24) is 15.3 Å². The van der Waals surface area contributed by atoms with E-state index in [-0.39, 0.29) is 5.91 Å². The summed E-state index contributed by atoms with van der Waals surface area (Å²) in [6, 6.07) is 7.92. The largest absolute Gasteiger partial charge is 0.378 e. The summed E-state index contributed by atoms with van der Waals surface area (Å²) in [5, 5.41) is 3.00. The van der Waals surface area contributed by atoms with Crippen molar-refractivity contribution < 1.29 is 9.53 Å². The molecule has 1 saturated heterocycles. The normalized spacial score (nSPS) is 17.6. The molecule has 0 aromatic carbocycles. The van der Waals surface area contributed by atoms with Gasteiger partial charge in [-0.05, 0) is 37.1 Å². The first-order valence-corrected chi connectivity index (χ1v) is 8.36. The fourth-order valence-electron chi connectivity index (χ4n) is 2.74. The Kier molecular flexibility index (Phi) is 4.13. The molecule has 2 aromatic heterocycles. The SMILES string of the molecule is O=C(NC1CC1)c1ccnc(-c2ccc(N3CCOCC3)nc2)c1. The van der Waals surface area contributed by atoms with Crippen LogP contribution in [0.1, 0.15) is 23.2 Å². The van der Waals surface area contributed by atoms with E-state index < -0.39 is 0 Å². The highest BCUT2D eigenvalue weighted by Gasteiger charge is 2.24. The minimum Gasteiger partial charge on any atom is -0.378 e. The number of rotatable bonds is 4. The van der Waals surface area contributed by atoms with Gasteiger partial charge in [-0.2, -0.15) is 0 Å². The van der Waals surface area contributed by atoms with Crippen LogP contribution in [0.2, 0.25) is 0 Å². The molecule has 0 unspecified atom stereocenters. The summed E-state index contributed by atoms with van der Waals surface area (Å²) < 4.78 is 5.36. The molecule has 1 saturated carbocycles. The third-order valence-electron chi connectivity index (χ3n) is 4.31. The van der Waals surface area contributed by atoms with Crippen LogP contribution in [0.15, 0.2) is 36.7 Å². The van der Waals surface area contributed by atoms with Crippen LogP contribution in [0.25, 0.3) is 11.3 Å². The van der Waals surface area contributed by atoms with Crippen LogP contribution < -0.4 is 10.2 Å². The second-order valence-electron chi connectivity index (χ2n) is 6.18. The summed E-state index contributed by atoms with van der Waals surface area (Å²) >= 11 is 0. The van der Waals surface area contributed by atoms with Gasteiger partial charge in [0.25, 0.3) is 5.91 Å². The minimum absolute atomic E-state index is 0.0287. The van der Waals surface area contributed by atoms with Gasteiger partial charge >= 0.3 is 0 Å². The van der Waals surface area contributed by atoms with Gasteiger partial charge in [-0.3, -0.25) is 9.78 Å². The lowest BCUT2D eigenvalue weighted by atomic mass is 10.1. The van der Waals surface area contributed by atoms with Crippen LogP contribution in [0, 0.1) is 0 Å². The van der Waals surface area contributed by atoms with Gasteiger partial charge in [0.05, 0.1) is 18.9 Å². The summed E-state index contributed by atoms with van der Waals surface area (Å²) in [6.45, 7) is 3.20. The highest BCUT2D eigenvalue weighted by Crippen LogP contribution is 2.22. The molecule has 0 radical (unpaired) electrons. The maximum atomic E-state index is 12.2. The maximum absolute atomic E-state index is 12.2. The zero-order valence-electron chi connectivity index (χ0n) is 13.4. The van der Waals surface area contributed by atoms with E-state index in [1.165, 1.54) is 0 Å². The number of nitrogens with one attached hydrogen (secondary N) is 1. The number of ether oxygens (including phenoxy) is 1. The zero-order valence-corrected chi connectivity index (χ0v) is 13.4. The fourth-order valence-corrected chi connectivity index (χ4v) is 2.74. The molecule has 1 aliphatic carbocycles. The average Bonchev–Trinajstić information content (AvgIpc) is 3.47. The van der Waals surface area contributed by atoms with Gasteiger partial charge in [0.2, 0.25) is 0 Å². The van der Waals surface area contributed by atoms with E-state index in [9.17, 15) is 4.79 Å². The van der Waals surface area contributed by atoms with Gasteiger partial charge in [0.15, 0.2) is 0 Å². The molecule has 6 nitrogen and oxygen atoms in total. The number of pyridine rings is 2. The number of hydrogen-bond acceptors (Lipinski definition) is 5. The summed E-state index contributed by atoms with van der Waals surface area (Å²) in [5.74, 6) is 0.920. The van der Waals surface area contributed by atoms with E-state index in [0.29, 0.717) is 11.6 Å². The molecular weight excluding hydrogens is 304 g/mol. The van der Waals surface area contributed by atoms with Crippen LogP contribution in [0.3, 0.4) is 0 Å². The molecule has 0 bridgehead atoms. The summed E-state index contributed by atoms with van der Waals surface area (Å²) in [4.78, 5) is 23.3. The first-order chi connectivity index (χ1) is 11.8. The quantitative estimate of drug-likeness (QED) is 0.930. The molecule has 2 aliphatic rings. The molecule has 2 fully saturated rings. The van der Waals surface area contributed by atoms with E-state index in [4.69, 9.17) is 4.74 Å². The number of carbonyl (C=O) groups excluding carboxylic acids is 1. The number of anilines is 1. The van der Waals surface area contributed by atoms with Crippen LogP contribution in [0.4, 0.5) is 5.82 Å². The Hall–Kier alpha value is -2.47. The molecule has 1 aliphatic heterocycles. The number of nitrogens with zero attached hydrogens (tertiary/aromatic N) is 3. The van der Waals surface area contributed by atoms with Crippen molar-refractivity contribution in [2.75, 3.05) is 31.2 Å². The highest BCUT2D eigenvalue weighted by atomic mass is 16.5. The smallest absolute Gasteiger partial charge is 0.251 e. The van der Waals surface area contributed by atoms with Crippen molar-refractivity contribution >= 4 is 11.7 Å². The van der Waals surface area contributed by atoms with Crippen molar-refractivity contribution in [3.05, 3.63) is 42.2 Å². The first kappa shape index (κ1) is 15.1. The Morgan fingerprint density at radius 2 is 2.00 bits per heavy atom. The van der Waals surface area contributed by atoms with Gasteiger partial charge < -0.3 is 15.0 Å². The summed E-state index contributed by atoms with van der Waals surface area (Å²) in [6.07, 6.45) is 5.65. The van der Waals surface area contributed by atoms with Crippen LogP contribution in [-0.2, 0) is 4.74 Å². The highest BCUT2D eigenvalue weighted by molar-refractivity contribution is 5.95. The second-order valence-corrected chi connectivity index (χ2v) is 6.18. The Labute approximate surface area is 140 Å². The van der Waals surface area contributed by atoms with E-state index in [1.807, 2.05) is 24.4 Å². The van der Waals surface area contributed by atoms with Crippen molar-refractivity contribution in [1.29, 1.82) is 0 Å². The lowest BCUT2D eigenvalue weighted by Gasteiger charge is -2.27. The van der Waals surface area contributed by atoms with Crippen LogP contribution in [-0.4, -0.2) is 48.2 Å². The van der Waals surface area contributed by atoms with Crippen molar-refractivity contribution in [2.45, 2.75) is 18.9 Å². The standard InChI is InChI=1S/C18H20N4O2/c23-18(21-15-2-3-15)13-5-6-19-16(11-13)14-1-4-17(20-12-14)22-7-9-24-10-8-22/h1,4-6,11-12,15H,2-3,7-10H2,(H,21,23). The number of morpholine rings is 1. The molecule has 3 heterocycles. The first-order valence-electron chi connectivity index (χ1n) is 8.36. The Morgan fingerprint density at radius 1 is 1.17 bits per heavy atom. The Bertz CT molecular complexity index is 722. The molecule has 4 rings (SSSR count).